The summed E-state index contributed by atoms with van der Waals surface area (Å²) in [6, 6.07) is 0. The predicted octanol–water partition coefficient (Wildman–Crippen LogP) is 7.92. The molecule has 18 heteroatoms. The van der Waals surface area contributed by atoms with Crippen LogP contribution in [0.4, 0.5) is 0 Å². The van der Waals surface area contributed by atoms with Gasteiger partial charge in [-0.05, 0) is 35.5 Å². The molecule has 0 N–H and O–H groups in total. The molecule has 0 aromatic carbocycles. The van der Waals surface area contributed by atoms with Crippen LogP contribution in [0.2, 0.25) is 0 Å². The number of aromatic nitrogens is 2. The molecule has 3 aliphatic rings. The maximum absolute atomic E-state index is 11.4. The summed E-state index contributed by atoms with van der Waals surface area (Å²) in [5, 5.41) is 0. The van der Waals surface area contributed by atoms with Crippen molar-refractivity contribution in [1.82, 2.24) is 13.6 Å². The minimum Gasteiger partial charge on any atom is -0.319 e. The van der Waals surface area contributed by atoms with E-state index in [1.807, 2.05) is 83.1 Å². The van der Waals surface area contributed by atoms with Crippen LogP contribution in [0.15, 0.2) is 26.4 Å². The van der Waals surface area contributed by atoms with Crippen molar-refractivity contribution in [2.24, 2.45) is 61.9 Å². The maximum Gasteiger partial charge on any atom is 0.366 e. The van der Waals surface area contributed by atoms with E-state index in [0.29, 0.717) is 46.8 Å². The summed E-state index contributed by atoms with van der Waals surface area (Å²) < 4.78 is 87.0. The highest BCUT2D eigenvalue weighted by Crippen LogP contribution is 2.23. The lowest BCUT2D eigenvalue weighted by atomic mass is 9.96. The number of rotatable bonds is 8. The fraction of sp³-hybridized carbons (Fsp3) is 0.765. The first-order valence-corrected chi connectivity index (χ1v) is 21.9. The highest BCUT2D eigenvalue weighted by Gasteiger charge is 2.29. The van der Waals surface area contributed by atoms with Gasteiger partial charge in [-0.25, -0.2) is 4.21 Å². The van der Waals surface area contributed by atoms with Crippen LogP contribution in [-0.2, 0) is 31.6 Å². The van der Waals surface area contributed by atoms with Crippen LogP contribution in [0.5, 0.6) is 0 Å². The largest absolute Gasteiger partial charge is 0.366 e. The average molecular weight is 806 g/mol. The Labute approximate surface area is 321 Å². The van der Waals surface area contributed by atoms with Crippen LogP contribution < -0.4 is 0 Å². The van der Waals surface area contributed by atoms with Crippen molar-refractivity contribution < 1.29 is 21.0 Å². The van der Waals surface area contributed by atoms with Gasteiger partial charge in [0.05, 0.1) is 46.0 Å². The molecule has 4 rings (SSSR count). The van der Waals surface area contributed by atoms with Crippen LogP contribution in [0.25, 0.3) is 0 Å². The molecule has 3 aliphatic heterocycles. The number of hydrogen-bond donors (Lipinski definition) is 0. The number of hydrogen-bond acceptors (Lipinski definition) is 9. The second-order valence-corrected chi connectivity index (χ2v) is 18.6. The van der Waals surface area contributed by atoms with Gasteiger partial charge in [0, 0.05) is 18.9 Å². The molecule has 0 spiro atoms. The van der Waals surface area contributed by atoms with E-state index in [-0.39, 0.29) is 31.1 Å². The summed E-state index contributed by atoms with van der Waals surface area (Å²) in [5.41, 5.74) is 5.37. The zero-order chi connectivity index (χ0) is 39.8. The van der Waals surface area contributed by atoms with Gasteiger partial charge in [-0.2, -0.15) is 34.4 Å². The molecule has 0 radical (unpaired) electrons. The van der Waals surface area contributed by atoms with Gasteiger partial charge < -0.3 is 4.90 Å². The zero-order valence-corrected chi connectivity index (χ0v) is 36.6. The molecular formula is C34H63N9O5S4. The molecule has 0 unspecified atom stereocenters. The summed E-state index contributed by atoms with van der Waals surface area (Å²) in [5.74, 6) is 3.09. The maximum atomic E-state index is 11.4. The Kier molecular flexibility index (Phi) is 19.7. The molecular weight excluding hydrogens is 743 g/mol. The van der Waals surface area contributed by atoms with Crippen molar-refractivity contribution in [3.63, 3.8) is 0 Å². The topological polar surface area (TPSA) is 189 Å². The Morgan fingerprint density at radius 1 is 0.481 bits per heavy atom. The Bertz CT molecular complexity index is 1670. The molecule has 0 aliphatic carbocycles. The molecule has 14 nitrogen and oxygen atoms in total. The van der Waals surface area contributed by atoms with Gasteiger partial charge in [-0.3, -0.25) is 0 Å². The van der Waals surface area contributed by atoms with E-state index in [9.17, 15) is 21.0 Å². The third kappa shape index (κ3) is 14.7. The number of amidine groups is 2. The lowest BCUT2D eigenvalue weighted by Crippen LogP contribution is -2.42. The first-order valence-electron chi connectivity index (χ1n) is 17.3. The first-order chi connectivity index (χ1) is 23.2. The van der Waals surface area contributed by atoms with Crippen molar-refractivity contribution in [3.8, 4) is 0 Å². The fourth-order valence-corrected chi connectivity index (χ4v) is 8.87. The van der Waals surface area contributed by atoms with Gasteiger partial charge in [0.15, 0.2) is 0 Å². The lowest BCUT2D eigenvalue weighted by Gasteiger charge is -2.29. The van der Waals surface area contributed by atoms with Crippen molar-refractivity contribution in [2.45, 2.75) is 130 Å². The highest BCUT2D eigenvalue weighted by atomic mass is 32.2. The van der Waals surface area contributed by atoms with Crippen molar-refractivity contribution >= 4 is 77.8 Å². The van der Waals surface area contributed by atoms with Crippen LogP contribution in [0.1, 0.15) is 141 Å². The van der Waals surface area contributed by atoms with Gasteiger partial charge in [-0.1, -0.05) is 118 Å². The summed E-state index contributed by atoms with van der Waals surface area (Å²) in [7, 11) is -5.43. The molecule has 0 saturated heterocycles. The van der Waals surface area contributed by atoms with E-state index in [1.165, 1.54) is 23.1 Å². The Hall–Kier alpha value is -2.57. The van der Waals surface area contributed by atoms with Gasteiger partial charge in [-0.15, -0.1) is 17.6 Å². The second kappa shape index (κ2) is 20.8. The van der Waals surface area contributed by atoms with Crippen molar-refractivity contribution in [3.05, 3.63) is 11.4 Å². The number of nitrogens with zero attached hydrogens (tertiary/aromatic N) is 9. The molecule has 52 heavy (non-hydrogen) atoms. The summed E-state index contributed by atoms with van der Waals surface area (Å²) in [4.78, 5) is 1.76. The molecule has 4 heterocycles. The molecule has 1 aromatic heterocycles. The summed E-state index contributed by atoms with van der Waals surface area (Å²) >= 11 is -0.0253. The SMILES string of the molecule is C.CC(C)C1=NS(=O)(=O)N=C(C(C)C)N1C.CC(C)C1=NS(=O)(=O)N=C1C(C)C.CC(C)C1=NS(=O)N=C1C(C)C.CC(C)c1nsnc1C(C)C. The highest BCUT2D eigenvalue weighted by molar-refractivity contribution is 7.89. The molecule has 0 bridgehead atoms. The second-order valence-electron chi connectivity index (χ2n) is 14.8. The van der Waals surface area contributed by atoms with Gasteiger partial charge >= 0.3 is 20.4 Å². The molecule has 0 amide bonds. The quantitative estimate of drug-likeness (QED) is 0.253. The lowest BCUT2D eigenvalue weighted by molar-refractivity contribution is 0.580. The Balaban J connectivity index is 0.000000667. The van der Waals surface area contributed by atoms with E-state index in [4.69, 9.17) is 0 Å². The minimum atomic E-state index is -3.67. The van der Waals surface area contributed by atoms with Crippen LogP contribution in [-0.4, -0.2) is 76.3 Å². The molecule has 0 fully saturated rings. The van der Waals surface area contributed by atoms with Gasteiger partial charge in [0.1, 0.15) is 11.7 Å². The van der Waals surface area contributed by atoms with Crippen LogP contribution in [0.3, 0.4) is 0 Å². The molecule has 0 atom stereocenters. The molecule has 1 aromatic rings. The van der Waals surface area contributed by atoms with E-state index in [0.717, 1.165) is 11.4 Å². The summed E-state index contributed by atoms with van der Waals surface area (Å²) in [6.45, 7) is 32.1. The van der Waals surface area contributed by atoms with E-state index < -0.39 is 31.6 Å². The predicted molar refractivity (Wildman–Crippen MR) is 222 cm³/mol. The fourth-order valence-electron chi connectivity index (χ4n) is 4.74. The summed E-state index contributed by atoms with van der Waals surface area (Å²) in [6.07, 6.45) is 0. The monoisotopic (exact) mass is 805 g/mol. The average Bonchev–Trinajstić information content (AvgIpc) is 3.72. The van der Waals surface area contributed by atoms with E-state index in [1.54, 1.807) is 11.9 Å². The van der Waals surface area contributed by atoms with E-state index in [2.05, 4.69) is 62.8 Å². The van der Waals surface area contributed by atoms with E-state index >= 15 is 0 Å². The molecule has 298 valence electrons. The molecule has 0 saturated carbocycles. The van der Waals surface area contributed by atoms with Gasteiger partial charge in [0.2, 0.25) is 0 Å². The normalized spacial score (nSPS) is 17.9. The smallest absolute Gasteiger partial charge is 0.319 e. The minimum absolute atomic E-state index is 0. The first kappa shape index (κ1) is 49.4. The van der Waals surface area contributed by atoms with Crippen LogP contribution in [0, 0.1) is 35.5 Å². The third-order valence-corrected chi connectivity index (χ3v) is 10.2. The standard InChI is InChI=1S/C9H17N3O2S.C8H14N2O2S.C8H14N2OS.C8H14N2S.CH4/c1-6(2)8-10-15(13,14)11-9(7(3)4)12(8)5;1-5(2)7-8(6(3)4)10-13(11,12)9-7;1-5(2)7-8(6(3)4)10-12(11)9-7;1-5(2)7-8(6(3)4)10-11-9-7;/h6-7H,1-5H3;5-6H,1-4H3;5-6H,1-4H3;5-6H,1-4H3;1H4. The van der Waals surface area contributed by atoms with Crippen LogP contribution >= 0.6 is 11.7 Å². The van der Waals surface area contributed by atoms with Crippen molar-refractivity contribution in [2.75, 3.05) is 7.05 Å². The van der Waals surface area contributed by atoms with Gasteiger partial charge in [0.25, 0.3) is 11.2 Å². The van der Waals surface area contributed by atoms with Crippen molar-refractivity contribution in [1.29, 1.82) is 0 Å². The third-order valence-electron chi connectivity index (χ3n) is 7.27. The Morgan fingerprint density at radius 3 is 1.02 bits per heavy atom. The zero-order valence-electron chi connectivity index (χ0n) is 33.3. The Morgan fingerprint density at radius 2 is 0.769 bits per heavy atom.